The van der Waals surface area contributed by atoms with Crippen molar-refractivity contribution >= 4 is 21.6 Å². The first-order valence-corrected chi connectivity index (χ1v) is 9.98. The Morgan fingerprint density at radius 1 is 1.15 bits per heavy atom. The monoisotopic (exact) mass is 389 g/mol. The van der Waals surface area contributed by atoms with Crippen LogP contribution in [0.1, 0.15) is 18.7 Å². The summed E-state index contributed by atoms with van der Waals surface area (Å²) >= 11 is 5.90. The Bertz CT molecular complexity index is 1000. The maximum absolute atomic E-state index is 12.9. The number of hydrogen-bond donors (Lipinski definition) is 0. The molecule has 0 atom stereocenters. The van der Waals surface area contributed by atoms with Crippen LogP contribution in [-0.4, -0.2) is 28.7 Å². The van der Waals surface area contributed by atoms with Gasteiger partial charge < -0.3 is 4.42 Å². The molecular formula is C18H16ClN3O3S. The number of halogens is 1. The Hall–Kier alpha value is -2.22. The van der Waals surface area contributed by atoms with Gasteiger partial charge in [-0.2, -0.15) is 4.31 Å². The molecule has 0 aliphatic heterocycles. The summed E-state index contributed by atoms with van der Waals surface area (Å²) in [6, 6.07) is 10.3. The molecule has 0 spiro atoms. The highest BCUT2D eigenvalue weighted by Crippen LogP contribution is 2.33. The Morgan fingerprint density at radius 3 is 2.58 bits per heavy atom. The Kier molecular flexibility index (Phi) is 4.52. The lowest BCUT2D eigenvalue weighted by Crippen LogP contribution is -2.32. The van der Waals surface area contributed by atoms with Crippen LogP contribution in [0.3, 0.4) is 0 Å². The molecular weight excluding hydrogens is 374 g/mol. The summed E-state index contributed by atoms with van der Waals surface area (Å²) in [5, 5.41) is 0.635. The summed E-state index contributed by atoms with van der Waals surface area (Å²) in [7, 11) is -3.64. The van der Waals surface area contributed by atoms with Crippen molar-refractivity contribution in [3.63, 3.8) is 0 Å². The quantitative estimate of drug-likeness (QED) is 0.641. The van der Waals surface area contributed by atoms with Crippen LogP contribution in [0.25, 0.3) is 11.3 Å². The molecule has 0 amide bonds. The van der Waals surface area contributed by atoms with Crippen molar-refractivity contribution in [3.05, 3.63) is 65.9 Å². The van der Waals surface area contributed by atoms with Crippen LogP contribution < -0.4 is 0 Å². The minimum Gasteiger partial charge on any atom is -0.439 e. The van der Waals surface area contributed by atoms with Gasteiger partial charge in [-0.05, 0) is 49.2 Å². The van der Waals surface area contributed by atoms with Gasteiger partial charge in [0.2, 0.25) is 15.9 Å². The van der Waals surface area contributed by atoms with Gasteiger partial charge in [0.25, 0.3) is 0 Å². The SMILES string of the molecule is O=S(=O)(c1cccnc1)N(Cc1ncc(-c2ccc(Cl)cc2)o1)C1CC1. The number of rotatable bonds is 6. The normalized spacial score (nSPS) is 14.7. The highest BCUT2D eigenvalue weighted by Gasteiger charge is 2.39. The van der Waals surface area contributed by atoms with Crippen LogP contribution in [0.5, 0.6) is 0 Å². The van der Waals surface area contributed by atoms with Crippen LogP contribution >= 0.6 is 11.6 Å². The molecule has 0 bridgehead atoms. The van der Waals surface area contributed by atoms with E-state index >= 15 is 0 Å². The first-order valence-electron chi connectivity index (χ1n) is 8.16. The smallest absolute Gasteiger partial charge is 0.245 e. The van der Waals surface area contributed by atoms with Crippen LogP contribution in [0.2, 0.25) is 5.02 Å². The van der Waals surface area contributed by atoms with Crippen molar-refractivity contribution in [3.8, 4) is 11.3 Å². The van der Waals surface area contributed by atoms with Gasteiger partial charge in [-0.3, -0.25) is 4.98 Å². The fraction of sp³-hybridized carbons (Fsp3) is 0.222. The number of nitrogens with zero attached hydrogens (tertiary/aromatic N) is 3. The van der Waals surface area contributed by atoms with Gasteiger partial charge in [-0.25, -0.2) is 13.4 Å². The molecule has 1 fully saturated rings. The summed E-state index contributed by atoms with van der Waals surface area (Å²) in [4.78, 5) is 8.34. The van der Waals surface area contributed by atoms with E-state index in [-0.39, 0.29) is 17.5 Å². The topological polar surface area (TPSA) is 76.3 Å². The zero-order chi connectivity index (χ0) is 18.1. The summed E-state index contributed by atoms with van der Waals surface area (Å²) in [6.07, 6.45) is 6.18. The van der Waals surface area contributed by atoms with Gasteiger partial charge in [0.05, 0.1) is 12.7 Å². The Labute approximate surface area is 156 Å². The second-order valence-corrected chi connectivity index (χ2v) is 8.42. The number of sulfonamides is 1. The van der Waals surface area contributed by atoms with E-state index in [0.29, 0.717) is 16.7 Å². The molecule has 0 N–H and O–H groups in total. The molecule has 3 aromatic rings. The standard InChI is InChI=1S/C18H16ClN3O3S/c19-14-5-3-13(4-6-14)17-11-21-18(25-17)12-22(15-7-8-15)26(23,24)16-2-1-9-20-10-16/h1-6,9-11,15H,7-8,12H2. The largest absolute Gasteiger partial charge is 0.439 e. The third kappa shape index (κ3) is 3.51. The lowest BCUT2D eigenvalue weighted by molar-refractivity contribution is 0.351. The zero-order valence-electron chi connectivity index (χ0n) is 13.7. The van der Waals surface area contributed by atoms with E-state index in [2.05, 4.69) is 9.97 Å². The third-order valence-electron chi connectivity index (χ3n) is 4.17. The summed E-state index contributed by atoms with van der Waals surface area (Å²) in [5.41, 5.74) is 0.834. The first-order chi connectivity index (χ1) is 12.5. The lowest BCUT2D eigenvalue weighted by Gasteiger charge is -2.20. The lowest BCUT2D eigenvalue weighted by atomic mass is 10.2. The molecule has 1 aliphatic rings. The van der Waals surface area contributed by atoms with Crippen LogP contribution in [0.15, 0.2) is 64.3 Å². The molecule has 4 rings (SSSR count). The van der Waals surface area contributed by atoms with Gasteiger partial charge in [0.15, 0.2) is 5.76 Å². The highest BCUT2D eigenvalue weighted by molar-refractivity contribution is 7.89. The van der Waals surface area contributed by atoms with Gasteiger partial charge in [0.1, 0.15) is 4.90 Å². The third-order valence-corrected chi connectivity index (χ3v) is 6.30. The maximum Gasteiger partial charge on any atom is 0.245 e. The van der Waals surface area contributed by atoms with Crippen LogP contribution in [-0.2, 0) is 16.6 Å². The van der Waals surface area contributed by atoms with E-state index in [1.807, 2.05) is 12.1 Å². The van der Waals surface area contributed by atoms with E-state index in [4.69, 9.17) is 16.0 Å². The molecule has 8 heteroatoms. The Balaban J connectivity index is 1.59. The number of benzene rings is 1. The zero-order valence-corrected chi connectivity index (χ0v) is 15.3. The van der Waals surface area contributed by atoms with Crippen molar-refractivity contribution in [2.75, 3.05) is 0 Å². The molecule has 0 unspecified atom stereocenters. The highest BCUT2D eigenvalue weighted by atomic mass is 35.5. The second-order valence-electron chi connectivity index (χ2n) is 6.10. The van der Waals surface area contributed by atoms with Crippen molar-refractivity contribution in [1.29, 1.82) is 0 Å². The summed E-state index contributed by atoms with van der Waals surface area (Å²) in [5.74, 6) is 0.931. The molecule has 1 aromatic carbocycles. The fourth-order valence-corrected chi connectivity index (χ4v) is 4.40. The molecule has 6 nitrogen and oxygen atoms in total. The van der Waals surface area contributed by atoms with Crippen molar-refractivity contribution in [2.24, 2.45) is 0 Å². The molecule has 1 saturated carbocycles. The molecule has 134 valence electrons. The number of hydrogen-bond acceptors (Lipinski definition) is 5. The molecule has 2 aromatic heterocycles. The van der Waals surface area contributed by atoms with Crippen molar-refractivity contribution < 1.29 is 12.8 Å². The summed E-state index contributed by atoms with van der Waals surface area (Å²) in [6.45, 7) is 0.0927. The molecule has 26 heavy (non-hydrogen) atoms. The van der Waals surface area contributed by atoms with Crippen molar-refractivity contribution in [1.82, 2.24) is 14.3 Å². The maximum atomic E-state index is 12.9. The van der Waals surface area contributed by atoms with Crippen LogP contribution in [0, 0.1) is 0 Å². The Morgan fingerprint density at radius 2 is 1.92 bits per heavy atom. The molecule has 1 aliphatic carbocycles. The first kappa shape index (κ1) is 17.2. The molecule has 0 radical (unpaired) electrons. The average molecular weight is 390 g/mol. The van der Waals surface area contributed by atoms with Gasteiger partial charge >= 0.3 is 0 Å². The molecule has 0 saturated heterocycles. The van der Waals surface area contributed by atoms with E-state index < -0.39 is 10.0 Å². The number of oxazole rings is 1. The predicted molar refractivity (Wildman–Crippen MR) is 96.9 cm³/mol. The number of aromatic nitrogens is 2. The molecule has 2 heterocycles. The minimum absolute atomic E-state index is 0.0221. The van der Waals surface area contributed by atoms with E-state index in [9.17, 15) is 8.42 Å². The predicted octanol–water partition coefficient (Wildman–Crippen LogP) is 3.74. The van der Waals surface area contributed by atoms with Crippen LogP contribution in [0.4, 0.5) is 0 Å². The average Bonchev–Trinajstić information content (AvgIpc) is 3.38. The fourth-order valence-electron chi connectivity index (χ4n) is 2.67. The summed E-state index contributed by atoms with van der Waals surface area (Å²) < 4.78 is 33.1. The number of pyridine rings is 1. The van der Waals surface area contributed by atoms with Gasteiger partial charge in [0, 0.05) is 29.0 Å². The second kappa shape index (κ2) is 6.83. The van der Waals surface area contributed by atoms with E-state index in [1.165, 1.54) is 10.5 Å². The van der Waals surface area contributed by atoms with Gasteiger partial charge in [-0.1, -0.05) is 11.6 Å². The van der Waals surface area contributed by atoms with E-state index in [1.54, 1.807) is 36.7 Å². The van der Waals surface area contributed by atoms with Gasteiger partial charge in [-0.15, -0.1) is 0 Å². The minimum atomic E-state index is -3.64. The van der Waals surface area contributed by atoms with E-state index in [0.717, 1.165) is 18.4 Å². The van der Waals surface area contributed by atoms with Crippen molar-refractivity contribution in [2.45, 2.75) is 30.3 Å².